The highest BCUT2D eigenvalue weighted by Gasteiger charge is 2.20. The van der Waals surface area contributed by atoms with Crippen LogP contribution in [-0.2, 0) is 13.2 Å². The third kappa shape index (κ3) is 3.27. The molecule has 106 valence electrons. The van der Waals surface area contributed by atoms with Gasteiger partial charge in [0.1, 0.15) is 11.5 Å². The maximum atomic E-state index is 5.77. The Labute approximate surface area is 117 Å². The zero-order chi connectivity index (χ0) is 13.8. The highest BCUT2D eigenvalue weighted by molar-refractivity contribution is 5.40. The average molecular weight is 275 g/mol. The smallest absolute Gasteiger partial charge is 0.213 e. The standard InChI is InChI=1S/C14H17N3O3/c1-18-12-5-2-10(7-15-11-3-4-11)13(6-12)19-8-14-16-9-20-17-14/h2,5-6,9,11,15H,3-4,7-8H2,1H3. The summed E-state index contributed by atoms with van der Waals surface area (Å²) in [5, 5.41) is 7.20. The van der Waals surface area contributed by atoms with Gasteiger partial charge in [-0.2, -0.15) is 4.98 Å². The van der Waals surface area contributed by atoms with Crippen molar-refractivity contribution in [1.29, 1.82) is 0 Å². The third-order valence-electron chi connectivity index (χ3n) is 3.20. The molecule has 1 N–H and O–H groups in total. The van der Waals surface area contributed by atoms with E-state index >= 15 is 0 Å². The van der Waals surface area contributed by atoms with Gasteiger partial charge in [0.25, 0.3) is 0 Å². The van der Waals surface area contributed by atoms with E-state index in [4.69, 9.17) is 9.47 Å². The zero-order valence-electron chi connectivity index (χ0n) is 11.3. The first-order chi connectivity index (χ1) is 9.85. The molecule has 1 aromatic heterocycles. The van der Waals surface area contributed by atoms with E-state index in [1.165, 1.54) is 19.2 Å². The van der Waals surface area contributed by atoms with Crippen molar-refractivity contribution in [3.05, 3.63) is 36.0 Å². The molecule has 2 aromatic rings. The van der Waals surface area contributed by atoms with Crippen LogP contribution < -0.4 is 14.8 Å². The first-order valence-electron chi connectivity index (χ1n) is 6.63. The molecule has 6 heteroatoms. The number of methoxy groups -OCH3 is 1. The molecule has 0 amide bonds. The lowest BCUT2D eigenvalue weighted by molar-refractivity contribution is 0.281. The molecule has 0 saturated heterocycles. The van der Waals surface area contributed by atoms with E-state index in [-0.39, 0.29) is 6.61 Å². The number of hydrogen-bond donors (Lipinski definition) is 1. The zero-order valence-corrected chi connectivity index (χ0v) is 11.3. The van der Waals surface area contributed by atoms with Gasteiger partial charge in [-0.25, -0.2) is 0 Å². The number of aromatic nitrogens is 2. The Morgan fingerprint density at radius 1 is 1.40 bits per heavy atom. The Balaban J connectivity index is 1.70. The molecular formula is C14H17N3O3. The van der Waals surface area contributed by atoms with Crippen LogP contribution in [0, 0.1) is 0 Å². The molecule has 20 heavy (non-hydrogen) atoms. The minimum absolute atomic E-state index is 0.278. The van der Waals surface area contributed by atoms with Gasteiger partial charge in [-0.1, -0.05) is 11.2 Å². The van der Waals surface area contributed by atoms with E-state index in [0.717, 1.165) is 23.6 Å². The fourth-order valence-electron chi connectivity index (χ4n) is 1.88. The van der Waals surface area contributed by atoms with Gasteiger partial charge in [0.15, 0.2) is 6.61 Å². The van der Waals surface area contributed by atoms with Crippen LogP contribution in [-0.4, -0.2) is 23.3 Å². The Hall–Kier alpha value is -2.08. The van der Waals surface area contributed by atoms with Crippen molar-refractivity contribution in [3.8, 4) is 11.5 Å². The second-order valence-corrected chi connectivity index (χ2v) is 4.76. The van der Waals surface area contributed by atoms with Crippen molar-refractivity contribution < 1.29 is 14.0 Å². The van der Waals surface area contributed by atoms with Crippen molar-refractivity contribution in [2.24, 2.45) is 0 Å². The first-order valence-corrected chi connectivity index (χ1v) is 6.63. The van der Waals surface area contributed by atoms with Crippen LogP contribution in [0.2, 0.25) is 0 Å². The molecule has 1 aliphatic carbocycles. The van der Waals surface area contributed by atoms with Gasteiger partial charge in [-0.3, -0.25) is 0 Å². The number of rotatable bonds is 7. The van der Waals surface area contributed by atoms with E-state index in [2.05, 4.69) is 20.0 Å². The van der Waals surface area contributed by atoms with Crippen LogP contribution in [0.1, 0.15) is 24.2 Å². The van der Waals surface area contributed by atoms with E-state index in [1.807, 2.05) is 18.2 Å². The molecular weight excluding hydrogens is 258 g/mol. The Morgan fingerprint density at radius 3 is 3.00 bits per heavy atom. The van der Waals surface area contributed by atoms with Crippen molar-refractivity contribution in [2.45, 2.75) is 32.0 Å². The van der Waals surface area contributed by atoms with Crippen LogP contribution in [0.15, 0.2) is 29.1 Å². The summed E-state index contributed by atoms with van der Waals surface area (Å²) in [5.41, 5.74) is 1.10. The van der Waals surface area contributed by atoms with Crippen LogP contribution in [0.3, 0.4) is 0 Å². The van der Waals surface area contributed by atoms with Crippen LogP contribution in [0.25, 0.3) is 0 Å². The fourth-order valence-corrected chi connectivity index (χ4v) is 1.88. The van der Waals surface area contributed by atoms with Gasteiger partial charge in [-0.05, 0) is 18.9 Å². The molecule has 1 saturated carbocycles. The number of benzene rings is 1. The van der Waals surface area contributed by atoms with Gasteiger partial charge in [0.2, 0.25) is 12.2 Å². The normalized spacial score (nSPS) is 14.2. The van der Waals surface area contributed by atoms with Gasteiger partial charge in [0.05, 0.1) is 7.11 Å². The Kier molecular flexibility index (Phi) is 3.83. The molecule has 1 fully saturated rings. The largest absolute Gasteiger partial charge is 0.497 e. The van der Waals surface area contributed by atoms with E-state index in [0.29, 0.717) is 11.9 Å². The molecule has 1 aliphatic rings. The molecule has 0 atom stereocenters. The topological polar surface area (TPSA) is 69.4 Å². The highest BCUT2D eigenvalue weighted by atomic mass is 16.5. The summed E-state index contributed by atoms with van der Waals surface area (Å²) in [4.78, 5) is 3.94. The molecule has 0 unspecified atom stereocenters. The maximum Gasteiger partial charge on any atom is 0.213 e. The summed E-state index contributed by atoms with van der Waals surface area (Å²) >= 11 is 0. The summed E-state index contributed by atoms with van der Waals surface area (Å²) < 4.78 is 15.7. The molecule has 0 radical (unpaired) electrons. The molecule has 0 spiro atoms. The maximum absolute atomic E-state index is 5.77. The summed E-state index contributed by atoms with van der Waals surface area (Å²) in [6.45, 7) is 1.07. The van der Waals surface area contributed by atoms with Gasteiger partial charge < -0.3 is 19.3 Å². The van der Waals surface area contributed by atoms with Gasteiger partial charge in [-0.15, -0.1) is 0 Å². The van der Waals surface area contributed by atoms with Crippen molar-refractivity contribution in [3.63, 3.8) is 0 Å². The monoisotopic (exact) mass is 275 g/mol. The Bertz CT molecular complexity index is 553. The SMILES string of the molecule is COc1ccc(CNC2CC2)c(OCc2ncon2)c1. The summed E-state index contributed by atoms with van der Waals surface area (Å²) in [6, 6.07) is 6.48. The predicted octanol–water partition coefficient (Wildman–Crippen LogP) is 1.91. The minimum Gasteiger partial charge on any atom is -0.497 e. The highest BCUT2D eigenvalue weighted by Crippen LogP contribution is 2.27. The second kappa shape index (κ2) is 5.92. The Morgan fingerprint density at radius 2 is 2.30 bits per heavy atom. The van der Waals surface area contributed by atoms with E-state index in [9.17, 15) is 0 Å². The van der Waals surface area contributed by atoms with Crippen molar-refractivity contribution in [1.82, 2.24) is 15.5 Å². The summed E-state index contributed by atoms with van der Waals surface area (Å²) in [5.74, 6) is 2.07. The van der Waals surface area contributed by atoms with E-state index < -0.39 is 0 Å². The number of nitrogens with one attached hydrogen (secondary N) is 1. The lowest BCUT2D eigenvalue weighted by atomic mass is 10.2. The third-order valence-corrected chi connectivity index (χ3v) is 3.20. The van der Waals surface area contributed by atoms with Crippen molar-refractivity contribution >= 4 is 0 Å². The van der Waals surface area contributed by atoms with Crippen molar-refractivity contribution in [2.75, 3.05) is 7.11 Å². The van der Waals surface area contributed by atoms with Crippen LogP contribution in [0.5, 0.6) is 11.5 Å². The number of ether oxygens (including phenoxy) is 2. The number of hydrogen-bond acceptors (Lipinski definition) is 6. The summed E-state index contributed by atoms with van der Waals surface area (Å²) in [7, 11) is 1.64. The summed E-state index contributed by atoms with van der Waals surface area (Å²) in [6.07, 6.45) is 3.81. The number of nitrogens with zero attached hydrogens (tertiary/aromatic N) is 2. The minimum atomic E-state index is 0.278. The lowest BCUT2D eigenvalue weighted by Gasteiger charge is -2.12. The quantitative estimate of drug-likeness (QED) is 0.832. The first kappa shape index (κ1) is 12.9. The molecule has 1 aromatic carbocycles. The fraction of sp³-hybridized carbons (Fsp3) is 0.429. The lowest BCUT2D eigenvalue weighted by Crippen LogP contribution is -2.16. The molecule has 3 rings (SSSR count). The van der Waals surface area contributed by atoms with E-state index in [1.54, 1.807) is 7.11 Å². The predicted molar refractivity (Wildman–Crippen MR) is 71.5 cm³/mol. The van der Waals surface area contributed by atoms with Gasteiger partial charge >= 0.3 is 0 Å². The second-order valence-electron chi connectivity index (χ2n) is 4.76. The molecule has 0 aliphatic heterocycles. The average Bonchev–Trinajstić information content (AvgIpc) is 3.17. The van der Waals surface area contributed by atoms with Crippen LogP contribution >= 0.6 is 0 Å². The van der Waals surface area contributed by atoms with Crippen LogP contribution in [0.4, 0.5) is 0 Å². The molecule has 0 bridgehead atoms. The van der Waals surface area contributed by atoms with Gasteiger partial charge in [0, 0.05) is 24.2 Å². The molecule has 1 heterocycles. The molecule has 6 nitrogen and oxygen atoms in total.